The van der Waals surface area contributed by atoms with E-state index >= 15 is 0 Å². The second-order valence-electron chi connectivity index (χ2n) is 7.26. The lowest BCUT2D eigenvalue weighted by Gasteiger charge is -2.22. The molecule has 2 aromatic heterocycles. The van der Waals surface area contributed by atoms with Crippen LogP contribution < -0.4 is 15.5 Å². The lowest BCUT2D eigenvalue weighted by Crippen LogP contribution is -2.34. The highest BCUT2D eigenvalue weighted by Crippen LogP contribution is 2.28. The van der Waals surface area contributed by atoms with Crippen LogP contribution in [0.25, 0.3) is 11.4 Å². The third-order valence-corrected chi connectivity index (χ3v) is 5.46. The molecule has 2 aliphatic rings. The summed E-state index contributed by atoms with van der Waals surface area (Å²) in [7, 11) is 0. The molecule has 0 unspecified atom stereocenters. The molecular formula is C22H22N6O. The second-order valence-corrected chi connectivity index (χ2v) is 7.26. The van der Waals surface area contributed by atoms with Crippen molar-refractivity contribution in [3.05, 3.63) is 65.6 Å². The molecule has 0 bridgehead atoms. The number of aromatic nitrogens is 3. The number of fused-ring (bicyclic) bond motifs is 2. The first-order valence-corrected chi connectivity index (χ1v) is 9.96. The highest BCUT2D eigenvalue weighted by molar-refractivity contribution is 5.96. The van der Waals surface area contributed by atoms with E-state index in [4.69, 9.17) is 4.98 Å². The Kier molecular flexibility index (Phi) is 4.56. The molecule has 146 valence electrons. The number of nitrogens with one attached hydrogen (secondary N) is 2. The minimum Gasteiger partial charge on any atom is -0.369 e. The number of benzene rings is 1. The van der Waals surface area contributed by atoms with Crippen LogP contribution in [0.4, 0.5) is 11.5 Å². The van der Waals surface area contributed by atoms with Crippen molar-refractivity contribution in [3.8, 4) is 11.4 Å². The van der Waals surface area contributed by atoms with Crippen LogP contribution in [0.5, 0.6) is 0 Å². The van der Waals surface area contributed by atoms with E-state index in [0.29, 0.717) is 18.1 Å². The van der Waals surface area contributed by atoms with Crippen molar-refractivity contribution in [3.63, 3.8) is 0 Å². The maximum atomic E-state index is 12.4. The first-order chi connectivity index (χ1) is 14.3. The van der Waals surface area contributed by atoms with Gasteiger partial charge in [-0.25, -0.2) is 9.97 Å². The number of carbonyl (C=O) groups excluding carboxylic acids is 1. The van der Waals surface area contributed by atoms with Gasteiger partial charge in [-0.15, -0.1) is 0 Å². The molecule has 0 saturated heterocycles. The number of hydrogen-bond donors (Lipinski definition) is 2. The number of nitrogens with zero attached hydrogens (tertiary/aromatic N) is 4. The zero-order valence-electron chi connectivity index (χ0n) is 16.1. The summed E-state index contributed by atoms with van der Waals surface area (Å²) in [5, 5.41) is 6.34. The number of carbonyl (C=O) groups is 1. The van der Waals surface area contributed by atoms with E-state index < -0.39 is 0 Å². The van der Waals surface area contributed by atoms with E-state index in [-0.39, 0.29) is 5.91 Å². The number of para-hydroxylation sites is 1. The van der Waals surface area contributed by atoms with Gasteiger partial charge in [0.1, 0.15) is 11.5 Å². The van der Waals surface area contributed by atoms with Crippen LogP contribution in [0.3, 0.4) is 0 Å². The molecular weight excluding hydrogens is 364 g/mol. The predicted molar refractivity (Wildman–Crippen MR) is 112 cm³/mol. The zero-order valence-corrected chi connectivity index (χ0v) is 16.1. The Balaban J connectivity index is 1.39. The van der Waals surface area contributed by atoms with Gasteiger partial charge in [0.25, 0.3) is 5.91 Å². The van der Waals surface area contributed by atoms with Crippen LogP contribution in [-0.2, 0) is 12.8 Å². The van der Waals surface area contributed by atoms with Gasteiger partial charge in [0.05, 0.1) is 0 Å². The van der Waals surface area contributed by atoms with Crippen molar-refractivity contribution in [2.45, 2.75) is 12.8 Å². The molecule has 5 rings (SSSR count). The van der Waals surface area contributed by atoms with E-state index in [1.165, 1.54) is 11.3 Å². The maximum absolute atomic E-state index is 12.4. The average molecular weight is 386 g/mol. The van der Waals surface area contributed by atoms with Gasteiger partial charge in [0, 0.05) is 55.4 Å². The van der Waals surface area contributed by atoms with Crippen molar-refractivity contribution >= 4 is 17.4 Å². The first-order valence-electron chi connectivity index (χ1n) is 9.96. The summed E-state index contributed by atoms with van der Waals surface area (Å²) >= 11 is 0. The minimum absolute atomic E-state index is 0.143. The smallest absolute Gasteiger partial charge is 0.270 e. The van der Waals surface area contributed by atoms with Crippen molar-refractivity contribution in [2.24, 2.45) is 0 Å². The molecule has 1 amide bonds. The molecule has 2 N–H and O–H groups in total. The topological polar surface area (TPSA) is 83.0 Å². The van der Waals surface area contributed by atoms with Crippen LogP contribution in [0.2, 0.25) is 0 Å². The summed E-state index contributed by atoms with van der Waals surface area (Å²) in [6, 6.07) is 12.3. The molecule has 0 spiro atoms. The number of amides is 1. The number of rotatable bonds is 5. The molecule has 29 heavy (non-hydrogen) atoms. The van der Waals surface area contributed by atoms with Crippen molar-refractivity contribution in [2.75, 3.05) is 36.4 Å². The Morgan fingerprint density at radius 2 is 2.03 bits per heavy atom. The highest BCUT2D eigenvalue weighted by Gasteiger charge is 2.24. The van der Waals surface area contributed by atoms with E-state index in [1.54, 1.807) is 12.4 Å². The zero-order chi connectivity index (χ0) is 19.6. The molecule has 0 radical (unpaired) electrons. The van der Waals surface area contributed by atoms with E-state index in [9.17, 15) is 4.79 Å². The number of hydrogen-bond acceptors (Lipinski definition) is 6. The summed E-state index contributed by atoms with van der Waals surface area (Å²) in [4.78, 5) is 28.2. The highest BCUT2D eigenvalue weighted by atomic mass is 16.1. The summed E-state index contributed by atoms with van der Waals surface area (Å²) in [5.74, 6) is 1.12. The van der Waals surface area contributed by atoms with Gasteiger partial charge in [0.2, 0.25) is 0 Å². The molecule has 0 aliphatic carbocycles. The van der Waals surface area contributed by atoms with Crippen molar-refractivity contribution < 1.29 is 4.79 Å². The first kappa shape index (κ1) is 17.6. The molecule has 7 heteroatoms. The summed E-state index contributed by atoms with van der Waals surface area (Å²) in [6.45, 7) is 3.26. The van der Waals surface area contributed by atoms with Gasteiger partial charge in [-0.1, -0.05) is 18.2 Å². The quantitative estimate of drug-likeness (QED) is 0.700. The standard InChI is InChI=1S/C22H22N6O/c29-22-19-17(7-10-25-22)21(27-20(26-19)16-5-3-9-23-14-16)24-11-13-28-12-8-15-4-1-2-6-18(15)28/h1-6,9,14H,7-8,10-13H2,(H,25,29)(H,24,26,27). The van der Waals surface area contributed by atoms with Crippen LogP contribution in [-0.4, -0.2) is 47.0 Å². The Morgan fingerprint density at radius 3 is 2.93 bits per heavy atom. The maximum Gasteiger partial charge on any atom is 0.270 e. The fourth-order valence-corrected chi connectivity index (χ4v) is 4.01. The Bertz CT molecular complexity index is 1050. The molecule has 7 nitrogen and oxygen atoms in total. The lowest BCUT2D eigenvalue weighted by atomic mass is 10.1. The normalized spacial score (nSPS) is 14.9. The van der Waals surface area contributed by atoms with Gasteiger partial charge in [-0.05, 0) is 36.6 Å². The van der Waals surface area contributed by atoms with Gasteiger partial charge < -0.3 is 15.5 Å². The van der Waals surface area contributed by atoms with Crippen LogP contribution in [0.15, 0.2) is 48.8 Å². The van der Waals surface area contributed by atoms with Crippen molar-refractivity contribution in [1.29, 1.82) is 0 Å². The molecule has 2 aliphatic heterocycles. The van der Waals surface area contributed by atoms with E-state index in [1.807, 2.05) is 12.1 Å². The molecule has 4 heterocycles. The molecule has 0 saturated carbocycles. The third-order valence-electron chi connectivity index (χ3n) is 5.46. The summed E-state index contributed by atoms with van der Waals surface area (Å²) < 4.78 is 0. The predicted octanol–water partition coefficient (Wildman–Crippen LogP) is 2.30. The minimum atomic E-state index is -0.143. The fraction of sp³-hybridized carbons (Fsp3) is 0.273. The van der Waals surface area contributed by atoms with Crippen LogP contribution in [0, 0.1) is 0 Å². The monoisotopic (exact) mass is 386 g/mol. The Hall–Kier alpha value is -3.48. The number of pyridine rings is 1. The molecule has 1 aromatic carbocycles. The fourth-order valence-electron chi connectivity index (χ4n) is 4.01. The van der Waals surface area contributed by atoms with E-state index in [2.05, 4.69) is 49.8 Å². The van der Waals surface area contributed by atoms with Gasteiger partial charge in [-0.3, -0.25) is 9.78 Å². The Labute approximate surface area is 169 Å². The second kappa shape index (κ2) is 7.50. The SMILES string of the molecule is O=C1NCCc2c(NCCN3CCc4ccccc43)nc(-c3cccnc3)nc21. The van der Waals surface area contributed by atoms with Crippen LogP contribution in [0.1, 0.15) is 21.6 Å². The Morgan fingerprint density at radius 1 is 1.10 bits per heavy atom. The van der Waals surface area contributed by atoms with Gasteiger partial charge >= 0.3 is 0 Å². The lowest BCUT2D eigenvalue weighted by molar-refractivity contribution is 0.0940. The summed E-state index contributed by atoms with van der Waals surface area (Å²) in [6.07, 6.45) is 5.24. The average Bonchev–Trinajstić information content (AvgIpc) is 3.18. The largest absolute Gasteiger partial charge is 0.369 e. The van der Waals surface area contributed by atoms with E-state index in [0.717, 1.165) is 49.4 Å². The van der Waals surface area contributed by atoms with Crippen LogP contribution >= 0.6 is 0 Å². The van der Waals surface area contributed by atoms with Gasteiger partial charge in [0.15, 0.2) is 5.82 Å². The summed E-state index contributed by atoms with van der Waals surface area (Å²) in [5.41, 5.74) is 4.87. The molecule has 3 aromatic rings. The number of anilines is 2. The van der Waals surface area contributed by atoms with Gasteiger partial charge in [-0.2, -0.15) is 0 Å². The third kappa shape index (κ3) is 3.40. The van der Waals surface area contributed by atoms with Crippen molar-refractivity contribution in [1.82, 2.24) is 20.3 Å². The molecule has 0 fully saturated rings. The molecule has 0 atom stereocenters.